The van der Waals surface area contributed by atoms with Crippen molar-refractivity contribution in [1.29, 1.82) is 10.5 Å². The first-order valence-electron chi connectivity index (χ1n) is 6.88. The lowest BCUT2D eigenvalue weighted by Gasteiger charge is -2.40. The molecule has 1 saturated heterocycles. The molecule has 0 aliphatic carbocycles. The highest BCUT2D eigenvalue weighted by molar-refractivity contribution is 5.74. The van der Waals surface area contributed by atoms with E-state index in [2.05, 4.69) is 17.1 Å². The molecule has 6 nitrogen and oxygen atoms in total. The maximum Gasteiger partial charge on any atom is 0.217 e. The van der Waals surface area contributed by atoms with Gasteiger partial charge in [0.25, 0.3) is 0 Å². The second-order valence-electron chi connectivity index (χ2n) is 5.27. The summed E-state index contributed by atoms with van der Waals surface area (Å²) in [5.74, 6) is 0.529. The van der Waals surface area contributed by atoms with E-state index in [4.69, 9.17) is 5.73 Å². The van der Waals surface area contributed by atoms with E-state index in [0.717, 1.165) is 5.56 Å². The lowest BCUT2D eigenvalue weighted by atomic mass is 9.93. The molecular formula is C15H17N5O. The van der Waals surface area contributed by atoms with E-state index >= 15 is 0 Å². The molecule has 2 N–H and O–H groups in total. The van der Waals surface area contributed by atoms with Crippen LogP contribution in [-0.2, 0) is 11.2 Å². The quantitative estimate of drug-likeness (QED) is 0.887. The fourth-order valence-corrected chi connectivity index (χ4v) is 2.75. The van der Waals surface area contributed by atoms with Crippen molar-refractivity contribution in [2.24, 2.45) is 11.7 Å². The smallest absolute Gasteiger partial charge is 0.217 e. The summed E-state index contributed by atoms with van der Waals surface area (Å²) in [5, 5.41) is 18.6. The average molecular weight is 283 g/mol. The number of hydrogen-bond acceptors (Lipinski definition) is 5. The molecule has 0 spiro atoms. The van der Waals surface area contributed by atoms with Crippen LogP contribution in [0.4, 0.5) is 5.82 Å². The van der Waals surface area contributed by atoms with Gasteiger partial charge in [-0.25, -0.2) is 4.98 Å². The summed E-state index contributed by atoms with van der Waals surface area (Å²) >= 11 is 0. The Kier molecular flexibility index (Phi) is 4.09. The first-order chi connectivity index (χ1) is 10.0. The third-order valence-electron chi connectivity index (χ3n) is 3.79. The number of pyridine rings is 1. The topological polar surface area (TPSA) is 107 Å². The second-order valence-corrected chi connectivity index (χ2v) is 5.27. The van der Waals surface area contributed by atoms with Gasteiger partial charge in [0, 0.05) is 25.4 Å². The Bertz CT molecular complexity index is 662. The predicted molar refractivity (Wildman–Crippen MR) is 77.3 cm³/mol. The zero-order valence-electron chi connectivity index (χ0n) is 12.2. The van der Waals surface area contributed by atoms with Crippen LogP contribution in [0.1, 0.15) is 35.7 Å². The molecule has 0 unspecified atom stereocenters. The number of anilines is 1. The minimum absolute atomic E-state index is 0.219. The summed E-state index contributed by atoms with van der Waals surface area (Å²) in [5.41, 5.74) is 7.54. The van der Waals surface area contributed by atoms with Gasteiger partial charge in [0.2, 0.25) is 5.91 Å². The highest BCUT2D eigenvalue weighted by atomic mass is 16.1. The summed E-state index contributed by atoms with van der Waals surface area (Å²) in [6.45, 7) is 5.04. The number of carbonyl (C=O) groups is 1. The molecule has 1 fully saturated rings. The van der Waals surface area contributed by atoms with Crippen LogP contribution >= 0.6 is 0 Å². The van der Waals surface area contributed by atoms with Crippen LogP contribution in [-0.4, -0.2) is 24.0 Å². The fraction of sp³-hybridized carbons (Fsp3) is 0.467. The Balaban J connectivity index is 2.34. The van der Waals surface area contributed by atoms with Crippen molar-refractivity contribution in [2.45, 2.75) is 26.7 Å². The zero-order valence-corrected chi connectivity index (χ0v) is 12.2. The van der Waals surface area contributed by atoms with Gasteiger partial charge in [0.05, 0.1) is 16.8 Å². The highest BCUT2D eigenvalue weighted by Crippen LogP contribution is 2.31. The summed E-state index contributed by atoms with van der Waals surface area (Å²) in [6.07, 6.45) is 0.967. The number of nitrogens with two attached hydrogens (primary N) is 1. The first kappa shape index (κ1) is 14.8. The van der Waals surface area contributed by atoms with Gasteiger partial charge in [-0.2, -0.15) is 10.5 Å². The monoisotopic (exact) mass is 283 g/mol. The van der Waals surface area contributed by atoms with Gasteiger partial charge in [0.1, 0.15) is 18.0 Å². The molecule has 1 aromatic rings. The number of amides is 1. The largest absolute Gasteiger partial charge is 0.370 e. The zero-order chi connectivity index (χ0) is 15.6. The van der Waals surface area contributed by atoms with E-state index in [0.29, 0.717) is 48.6 Å². The SMILES string of the molecule is CCc1c(C#N)c(C)nc(N2CC(CC(N)=O)C2)c1C#N. The van der Waals surface area contributed by atoms with Crippen molar-refractivity contribution >= 4 is 11.7 Å². The molecule has 2 heterocycles. The number of primary amides is 1. The third kappa shape index (κ3) is 2.66. The number of rotatable bonds is 4. The number of nitrogens with zero attached hydrogens (tertiary/aromatic N) is 4. The molecule has 21 heavy (non-hydrogen) atoms. The van der Waals surface area contributed by atoms with Crippen LogP contribution in [0, 0.1) is 35.5 Å². The van der Waals surface area contributed by atoms with E-state index in [1.807, 2.05) is 11.8 Å². The predicted octanol–water partition coefficient (Wildman–Crippen LogP) is 1.01. The average Bonchev–Trinajstić information content (AvgIpc) is 2.40. The minimum atomic E-state index is -0.307. The minimum Gasteiger partial charge on any atom is -0.370 e. The van der Waals surface area contributed by atoms with Gasteiger partial charge in [-0.15, -0.1) is 0 Å². The van der Waals surface area contributed by atoms with Crippen LogP contribution in [0.25, 0.3) is 0 Å². The molecule has 6 heteroatoms. The molecule has 0 atom stereocenters. The maximum absolute atomic E-state index is 10.9. The van der Waals surface area contributed by atoms with Crippen molar-refractivity contribution in [3.8, 4) is 12.1 Å². The van der Waals surface area contributed by atoms with Crippen LogP contribution in [0.2, 0.25) is 0 Å². The molecule has 1 aliphatic heterocycles. The molecule has 108 valence electrons. The molecule has 0 aromatic carbocycles. The molecule has 0 radical (unpaired) electrons. The number of carbonyl (C=O) groups excluding carboxylic acids is 1. The lowest BCUT2D eigenvalue weighted by molar-refractivity contribution is -0.119. The second kappa shape index (κ2) is 5.80. The number of aromatic nitrogens is 1. The molecule has 1 amide bonds. The summed E-state index contributed by atoms with van der Waals surface area (Å²) in [6, 6.07) is 4.31. The van der Waals surface area contributed by atoms with E-state index in [1.165, 1.54) is 0 Å². The van der Waals surface area contributed by atoms with E-state index < -0.39 is 0 Å². The van der Waals surface area contributed by atoms with Crippen molar-refractivity contribution in [3.05, 3.63) is 22.4 Å². The summed E-state index contributed by atoms with van der Waals surface area (Å²) in [4.78, 5) is 17.3. The van der Waals surface area contributed by atoms with Crippen LogP contribution in [0.5, 0.6) is 0 Å². The van der Waals surface area contributed by atoms with Gasteiger partial charge in [0.15, 0.2) is 0 Å². The molecule has 1 aromatic heterocycles. The molecular weight excluding hydrogens is 266 g/mol. The van der Waals surface area contributed by atoms with Crippen LogP contribution in [0.15, 0.2) is 0 Å². The van der Waals surface area contributed by atoms with Crippen molar-refractivity contribution in [1.82, 2.24) is 4.98 Å². The molecule has 0 saturated carbocycles. The Morgan fingerprint density at radius 1 is 1.38 bits per heavy atom. The Hall–Kier alpha value is -2.60. The van der Waals surface area contributed by atoms with Crippen LogP contribution in [0.3, 0.4) is 0 Å². The van der Waals surface area contributed by atoms with Gasteiger partial charge in [-0.1, -0.05) is 6.92 Å². The Morgan fingerprint density at radius 3 is 2.48 bits per heavy atom. The van der Waals surface area contributed by atoms with E-state index in [-0.39, 0.29) is 11.8 Å². The lowest BCUT2D eigenvalue weighted by Crippen LogP contribution is -2.49. The van der Waals surface area contributed by atoms with Gasteiger partial charge < -0.3 is 10.6 Å². The third-order valence-corrected chi connectivity index (χ3v) is 3.79. The van der Waals surface area contributed by atoms with Crippen molar-refractivity contribution in [3.63, 3.8) is 0 Å². The van der Waals surface area contributed by atoms with E-state index in [1.54, 1.807) is 6.92 Å². The van der Waals surface area contributed by atoms with Crippen molar-refractivity contribution in [2.75, 3.05) is 18.0 Å². The van der Waals surface area contributed by atoms with Crippen molar-refractivity contribution < 1.29 is 4.79 Å². The summed E-state index contributed by atoms with van der Waals surface area (Å²) in [7, 11) is 0. The Morgan fingerprint density at radius 2 is 2.00 bits per heavy atom. The van der Waals surface area contributed by atoms with Crippen LogP contribution < -0.4 is 10.6 Å². The number of aryl methyl sites for hydroxylation is 1. The summed E-state index contributed by atoms with van der Waals surface area (Å²) < 4.78 is 0. The maximum atomic E-state index is 10.9. The highest BCUT2D eigenvalue weighted by Gasteiger charge is 2.32. The number of hydrogen-bond donors (Lipinski definition) is 1. The number of nitriles is 2. The molecule has 2 rings (SSSR count). The normalized spacial score (nSPS) is 14.2. The first-order valence-corrected chi connectivity index (χ1v) is 6.88. The standard InChI is InChI=1S/C15H17N5O/c1-3-11-12(5-16)9(2)19-15(13(11)6-17)20-7-10(8-20)4-14(18)21/h10H,3-4,7-8H2,1-2H3,(H2,18,21). The van der Waals surface area contributed by atoms with E-state index in [9.17, 15) is 15.3 Å². The Labute approximate surface area is 123 Å². The van der Waals surface area contributed by atoms with Gasteiger partial charge in [-0.05, 0) is 18.9 Å². The fourth-order valence-electron chi connectivity index (χ4n) is 2.75. The molecule has 1 aliphatic rings. The van der Waals surface area contributed by atoms with Gasteiger partial charge >= 0.3 is 0 Å². The van der Waals surface area contributed by atoms with Gasteiger partial charge in [-0.3, -0.25) is 4.79 Å². The molecule has 0 bridgehead atoms.